The Morgan fingerprint density at radius 1 is 1.50 bits per heavy atom. The van der Waals surface area contributed by atoms with Crippen molar-refractivity contribution in [3.63, 3.8) is 0 Å². The van der Waals surface area contributed by atoms with Crippen molar-refractivity contribution in [1.82, 2.24) is 4.98 Å². The molecule has 0 aromatic carbocycles. The van der Waals surface area contributed by atoms with E-state index in [-0.39, 0.29) is 5.56 Å². The van der Waals surface area contributed by atoms with E-state index >= 15 is 0 Å². The van der Waals surface area contributed by atoms with Crippen molar-refractivity contribution in [2.24, 2.45) is 5.90 Å². The molecule has 0 fully saturated rings. The minimum absolute atomic E-state index is 0.0185. The first kappa shape index (κ1) is 10.9. The second kappa shape index (κ2) is 3.93. The third-order valence-corrected chi connectivity index (χ3v) is 1.80. The van der Waals surface area contributed by atoms with Crippen molar-refractivity contribution >= 4 is 0 Å². The number of alkyl halides is 3. The molecule has 1 heterocycles. The van der Waals surface area contributed by atoms with E-state index < -0.39 is 17.8 Å². The molecule has 2 N–H and O–H groups in total. The van der Waals surface area contributed by atoms with Crippen LogP contribution in [0.3, 0.4) is 0 Å². The van der Waals surface area contributed by atoms with Crippen LogP contribution >= 0.6 is 0 Å². The highest BCUT2D eigenvalue weighted by Gasteiger charge is 2.34. The number of rotatable bonds is 2. The lowest BCUT2D eigenvalue weighted by atomic mass is 10.1. The fourth-order valence-corrected chi connectivity index (χ4v) is 1.07. The van der Waals surface area contributed by atoms with Crippen LogP contribution in [-0.4, -0.2) is 4.98 Å². The van der Waals surface area contributed by atoms with E-state index in [1.54, 1.807) is 0 Å². The number of hydrogen-bond donors (Lipinski definition) is 1. The number of nitrogens with zero attached hydrogens (tertiary/aromatic N) is 1. The second-order valence-corrected chi connectivity index (χ2v) is 2.74. The average Bonchev–Trinajstić information content (AvgIpc) is 2.15. The number of hydrogen-bond acceptors (Lipinski definition) is 3. The van der Waals surface area contributed by atoms with Crippen molar-refractivity contribution in [3.8, 4) is 0 Å². The SMILES string of the molecule is CC(ON)c1ccncc1C(F)(F)F. The van der Waals surface area contributed by atoms with Gasteiger partial charge in [0.25, 0.3) is 0 Å². The van der Waals surface area contributed by atoms with Crippen LogP contribution in [0, 0.1) is 0 Å². The van der Waals surface area contributed by atoms with Gasteiger partial charge in [-0.2, -0.15) is 13.2 Å². The molecule has 1 aromatic heterocycles. The fourth-order valence-electron chi connectivity index (χ4n) is 1.07. The van der Waals surface area contributed by atoms with Crippen LogP contribution in [0.5, 0.6) is 0 Å². The zero-order chi connectivity index (χ0) is 10.8. The number of nitrogens with two attached hydrogens (primary N) is 1. The molecule has 1 atom stereocenters. The Morgan fingerprint density at radius 3 is 2.64 bits per heavy atom. The van der Waals surface area contributed by atoms with E-state index in [1.165, 1.54) is 19.2 Å². The zero-order valence-corrected chi connectivity index (χ0v) is 7.38. The van der Waals surface area contributed by atoms with Crippen LogP contribution < -0.4 is 5.90 Å². The summed E-state index contributed by atoms with van der Waals surface area (Å²) in [5.74, 6) is 4.83. The van der Waals surface area contributed by atoms with Gasteiger partial charge in [-0.1, -0.05) is 0 Å². The fraction of sp³-hybridized carbons (Fsp3) is 0.375. The summed E-state index contributed by atoms with van der Waals surface area (Å²) in [4.78, 5) is 7.76. The van der Waals surface area contributed by atoms with E-state index in [0.29, 0.717) is 0 Å². The number of aromatic nitrogens is 1. The van der Waals surface area contributed by atoms with Gasteiger partial charge in [0, 0.05) is 12.4 Å². The normalized spacial score (nSPS) is 14.1. The van der Waals surface area contributed by atoms with Crippen molar-refractivity contribution in [2.45, 2.75) is 19.2 Å². The maximum Gasteiger partial charge on any atom is 0.418 e. The van der Waals surface area contributed by atoms with Crippen LogP contribution in [-0.2, 0) is 11.0 Å². The van der Waals surface area contributed by atoms with Crippen LogP contribution in [0.1, 0.15) is 24.2 Å². The van der Waals surface area contributed by atoms with Crippen LogP contribution in [0.2, 0.25) is 0 Å². The lowest BCUT2D eigenvalue weighted by Gasteiger charge is -2.15. The molecule has 1 unspecified atom stereocenters. The van der Waals surface area contributed by atoms with Gasteiger partial charge >= 0.3 is 6.18 Å². The summed E-state index contributed by atoms with van der Waals surface area (Å²) >= 11 is 0. The van der Waals surface area contributed by atoms with Gasteiger partial charge in [0.2, 0.25) is 0 Å². The van der Waals surface area contributed by atoms with E-state index in [9.17, 15) is 13.2 Å². The Kier molecular flexibility index (Phi) is 3.07. The number of halogens is 3. The number of pyridine rings is 1. The third kappa shape index (κ3) is 2.21. The molecule has 0 spiro atoms. The molecule has 0 bridgehead atoms. The molecule has 6 heteroatoms. The monoisotopic (exact) mass is 206 g/mol. The van der Waals surface area contributed by atoms with Crippen molar-refractivity contribution < 1.29 is 18.0 Å². The molecule has 78 valence electrons. The van der Waals surface area contributed by atoms with Crippen LogP contribution in [0.25, 0.3) is 0 Å². The highest BCUT2D eigenvalue weighted by atomic mass is 19.4. The Labute approximate surface area is 78.6 Å². The minimum Gasteiger partial charge on any atom is -0.297 e. The first-order valence-corrected chi connectivity index (χ1v) is 3.83. The molecular formula is C8H9F3N2O. The Hall–Kier alpha value is -1.14. The molecule has 0 aliphatic heterocycles. The summed E-state index contributed by atoms with van der Waals surface area (Å²) in [7, 11) is 0. The summed E-state index contributed by atoms with van der Waals surface area (Å²) in [6.45, 7) is 1.44. The molecule has 0 aliphatic carbocycles. The summed E-state index contributed by atoms with van der Waals surface area (Å²) < 4.78 is 37.2. The van der Waals surface area contributed by atoms with Crippen molar-refractivity contribution in [3.05, 3.63) is 29.6 Å². The zero-order valence-electron chi connectivity index (χ0n) is 7.38. The summed E-state index contributed by atoms with van der Waals surface area (Å²) in [6, 6.07) is 1.24. The van der Waals surface area contributed by atoms with E-state index in [1.807, 2.05) is 0 Å². The maximum atomic E-state index is 12.4. The molecular weight excluding hydrogens is 197 g/mol. The predicted molar refractivity (Wildman–Crippen MR) is 42.9 cm³/mol. The van der Waals surface area contributed by atoms with Gasteiger partial charge in [-0.25, -0.2) is 5.90 Å². The van der Waals surface area contributed by atoms with Gasteiger partial charge in [0.15, 0.2) is 0 Å². The lowest BCUT2D eigenvalue weighted by molar-refractivity contribution is -0.139. The smallest absolute Gasteiger partial charge is 0.297 e. The van der Waals surface area contributed by atoms with Gasteiger partial charge in [-0.3, -0.25) is 9.82 Å². The molecule has 0 amide bonds. The van der Waals surface area contributed by atoms with E-state index in [0.717, 1.165) is 6.20 Å². The summed E-state index contributed by atoms with van der Waals surface area (Å²) in [5, 5.41) is 0. The maximum absolute atomic E-state index is 12.4. The van der Waals surface area contributed by atoms with E-state index in [4.69, 9.17) is 5.90 Å². The van der Waals surface area contributed by atoms with Gasteiger partial charge in [0.1, 0.15) is 6.10 Å². The molecule has 0 radical (unpaired) electrons. The minimum atomic E-state index is -4.43. The average molecular weight is 206 g/mol. The van der Waals surface area contributed by atoms with Gasteiger partial charge in [-0.05, 0) is 18.6 Å². The van der Waals surface area contributed by atoms with Gasteiger partial charge < -0.3 is 0 Å². The highest BCUT2D eigenvalue weighted by molar-refractivity contribution is 5.27. The predicted octanol–water partition coefficient (Wildman–Crippen LogP) is 2.05. The van der Waals surface area contributed by atoms with Crippen LogP contribution in [0.4, 0.5) is 13.2 Å². The Balaban J connectivity index is 3.16. The summed E-state index contributed by atoms with van der Waals surface area (Å²) in [6.07, 6.45) is -3.23. The molecule has 3 nitrogen and oxygen atoms in total. The standard InChI is InChI=1S/C8H9F3N2O/c1-5(14-12)6-2-3-13-4-7(6)8(9,10)11/h2-5H,12H2,1H3. The lowest BCUT2D eigenvalue weighted by Crippen LogP contribution is -2.14. The Bertz CT molecular complexity index is 314. The topological polar surface area (TPSA) is 48.1 Å². The van der Waals surface area contributed by atoms with Gasteiger partial charge in [0.05, 0.1) is 5.56 Å². The van der Waals surface area contributed by atoms with Crippen LogP contribution in [0.15, 0.2) is 18.5 Å². The van der Waals surface area contributed by atoms with Gasteiger partial charge in [-0.15, -0.1) is 0 Å². The van der Waals surface area contributed by atoms with E-state index in [2.05, 4.69) is 9.82 Å². The molecule has 0 saturated heterocycles. The molecule has 1 aromatic rings. The highest BCUT2D eigenvalue weighted by Crippen LogP contribution is 2.34. The van der Waals surface area contributed by atoms with Crippen molar-refractivity contribution in [1.29, 1.82) is 0 Å². The molecule has 0 aliphatic rings. The van der Waals surface area contributed by atoms with Crippen molar-refractivity contribution in [2.75, 3.05) is 0 Å². The third-order valence-electron chi connectivity index (χ3n) is 1.80. The largest absolute Gasteiger partial charge is 0.418 e. The second-order valence-electron chi connectivity index (χ2n) is 2.74. The quantitative estimate of drug-likeness (QED) is 0.753. The first-order chi connectivity index (χ1) is 6.46. The summed E-state index contributed by atoms with van der Waals surface area (Å²) in [5.41, 5.74) is -0.840. The molecule has 14 heavy (non-hydrogen) atoms. The molecule has 0 saturated carbocycles. The Morgan fingerprint density at radius 2 is 2.14 bits per heavy atom. The molecule has 1 rings (SSSR count). The first-order valence-electron chi connectivity index (χ1n) is 3.83.